The van der Waals surface area contributed by atoms with Crippen molar-refractivity contribution in [3.63, 3.8) is 0 Å². The molecule has 0 N–H and O–H groups in total. The number of carbonyl (C=O) groups excluding carboxylic acids is 2. The fourth-order valence-corrected chi connectivity index (χ4v) is 6.14. The summed E-state index contributed by atoms with van der Waals surface area (Å²) in [4.78, 5) is 33.1. The Kier molecular flexibility index (Phi) is 8.45. The predicted molar refractivity (Wildman–Crippen MR) is 140 cm³/mol. The van der Waals surface area contributed by atoms with Gasteiger partial charge in [-0.1, -0.05) is 46.8 Å². The normalized spacial score (nSPS) is 29.6. The summed E-state index contributed by atoms with van der Waals surface area (Å²) in [5.41, 5.74) is 3.19. The minimum atomic E-state index is -0.528. The van der Waals surface area contributed by atoms with Gasteiger partial charge in [0.2, 0.25) is 0 Å². The summed E-state index contributed by atoms with van der Waals surface area (Å²) < 4.78 is 10.9. The molecule has 3 aliphatic rings. The molecular weight excluding hydrogens is 440 g/mol. The summed E-state index contributed by atoms with van der Waals surface area (Å²) in [5.74, 6) is 0.670. The lowest BCUT2D eigenvalue weighted by atomic mass is 9.76. The predicted octanol–water partition coefficient (Wildman–Crippen LogP) is 5.42. The van der Waals surface area contributed by atoms with Gasteiger partial charge in [-0.25, -0.2) is 4.79 Å². The van der Waals surface area contributed by atoms with Crippen molar-refractivity contribution in [1.29, 1.82) is 0 Å². The Morgan fingerprint density at radius 3 is 2.57 bits per heavy atom. The third kappa shape index (κ3) is 5.17. The lowest BCUT2D eigenvalue weighted by Crippen LogP contribution is -2.52. The molecule has 3 rings (SSSR count). The molecule has 6 heteroatoms. The number of aliphatic imine (C=N–C) groups is 1. The molecule has 2 aliphatic carbocycles. The van der Waals surface area contributed by atoms with E-state index in [1.165, 1.54) is 5.57 Å². The maximum Gasteiger partial charge on any atom is 0.343 e. The van der Waals surface area contributed by atoms with Crippen molar-refractivity contribution in [1.82, 2.24) is 4.90 Å². The first-order valence-corrected chi connectivity index (χ1v) is 12.9. The van der Waals surface area contributed by atoms with Crippen molar-refractivity contribution < 1.29 is 19.1 Å². The maximum atomic E-state index is 13.4. The first-order chi connectivity index (χ1) is 16.6. The number of esters is 1. The van der Waals surface area contributed by atoms with Crippen molar-refractivity contribution in [2.24, 2.45) is 22.2 Å². The van der Waals surface area contributed by atoms with Gasteiger partial charge in [0.05, 0.1) is 19.8 Å². The van der Waals surface area contributed by atoms with E-state index < -0.39 is 5.97 Å². The van der Waals surface area contributed by atoms with Crippen molar-refractivity contribution in [2.45, 2.75) is 79.3 Å². The zero-order valence-corrected chi connectivity index (χ0v) is 22.7. The number of methoxy groups -OCH3 is 1. The fraction of sp³-hybridized carbons (Fsp3) is 0.621. The molecule has 192 valence electrons. The summed E-state index contributed by atoms with van der Waals surface area (Å²) in [6.07, 6.45) is 11.2. The maximum absolute atomic E-state index is 13.4. The molecule has 1 aliphatic heterocycles. The highest BCUT2D eigenvalue weighted by Crippen LogP contribution is 2.48. The minimum absolute atomic E-state index is 0.0429. The molecule has 1 saturated carbocycles. The number of ketones is 1. The minimum Gasteiger partial charge on any atom is -0.494 e. The van der Waals surface area contributed by atoms with Crippen LogP contribution in [-0.4, -0.2) is 55.2 Å². The van der Waals surface area contributed by atoms with Gasteiger partial charge in [-0.3, -0.25) is 9.79 Å². The van der Waals surface area contributed by atoms with E-state index in [2.05, 4.69) is 50.6 Å². The van der Waals surface area contributed by atoms with Crippen LogP contribution in [0.2, 0.25) is 0 Å². The molecule has 1 heterocycles. The molecule has 0 saturated heterocycles. The van der Waals surface area contributed by atoms with Crippen molar-refractivity contribution >= 4 is 17.5 Å². The Morgan fingerprint density at radius 1 is 1.31 bits per heavy atom. The molecule has 4 atom stereocenters. The van der Waals surface area contributed by atoms with Gasteiger partial charge in [0.15, 0.2) is 5.78 Å². The van der Waals surface area contributed by atoms with Crippen LogP contribution in [0.25, 0.3) is 0 Å². The topological polar surface area (TPSA) is 68.2 Å². The Bertz CT molecular complexity index is 998. The molecule has 0 radical (unpaired) electrons. The number of Topliss-reactive ketones (excluding diaryl/α,β-unsaturated/α-hetero) is 1. The lowest BCUT2D eigenvalue weighted by molar-refractivity contribution is -0.140. The zero-order chi connectivity index (χ0) is 25.9. The second-order valence-corrected chi connectivity index (χ2v) is 10.6. The molecule has 6 nitrogen and oxygen atoms in total. The third-order valence-electron chi connectivity index (χ3n) is 7.97. The second-order valence-electron chi connectivity index (χ2n) is 10.6. The van der Waals surface area contributed by atoms with Crippen LogP contribution in [0.15, 0.2) is 51.9 Å². The SMILES string of the molecule is CCOC(=O)C1=CN(C2C(C)CCC2(C)C)C(/C(=C2\C=CC=C(OC)C2=NC)C(C)CC)CC1=O. The van der Waals surface area contributed by atoms with Gasteiger partial charge in [0.25, 0.3) is 0 Å². The molecule has 4 unspecified atom stereocenters. The highest BCUT2D eigenvalue weighted by Gasteiger charge is 2.48. The van der Waals surface area contributed by atoms with Gasteiger partial charge < -0.3 is 14.4 Å². The number of hydrogen-bond acceptors (Lipinski definition) is 6. The van der Waals surface area contributed by atoms with Crippen LogP contribution in [0.1, 0.15) is 67.2 Å². The van der Waals surface area contributed by atoms with Gasteiger partial charge >= 0.3 is 5.97 Å². The van der Waals surface area contributed by atoms with E-state index in [1.807, 2.05) is 18.4 Å². The van der Waals surface area contributed by atoms with Crippen molar-refractivity contribution in [3.05, 3.63) is 46.9 Å². The lowest BCUT2D eigenvalue weighted by Gasteiger charge is -2.47. The van der Waals surface area contributed by atoms with Crippen LogP contribution in [-0.2, 0) is 19.1 Å². The van der Waals surface area contributed by atoms with Gasteiger partial charge in [0.1, 0.15) is 17.0 Å². The first-order valence-electron chi connectivity index (χ1n) is 12.9. The van der Waals surface area contributed by atoms with Crippen LogP contribution in [0.4, 0.5) is 0 Å². The molecule has 0 aromatic heterocycles. The Balaban J connectivity index is 2.25. The molecular formula is C29H42N2O4. The molecule has 0 amide bonds. The highest BCUT2D eigenvalue weighted by molar-refractivity contribution is 6.18. The van der Waals surface area contributed by atoms with Crippen LogP contribution in [0, 0.1) is 17.3 Å². The number of allylic oxidation sites excluding steroid dienone is 4. The fourth-order valence-electron chi connectivity index (χ4n) is 6.14. The van der Waals surface area contributed by atoms with Crippen molar-refractivity contribution in [3.8, 4) is 0 Å². The van der Waals surface area contributed by atoms with Crippen LogP contribution >= 0.6 is 0 Å². The summed E-state index contributed by atoms with van der Waals surface area (Å²) in [6, 6.07) is 0.0183. The molecule has 1 fully saturated rings. The second kappa shape index (κ2) is 11.0. The van der Waals surface area contributed by atoms with Crippen molar-refractivity contribution in [2.75, 3.05) is 20.8 Å². The number of ether oxygens (including phenoxy) is 2. The highest BCUT2D eigenvalue weighted by atomic mass is 16.5. The summed E-state index contributed by atoms with van der Waals surface area (Å²) in [7, 11) is 3.44. The van der Waals surface area contributed by atoms with Crippen LogP contribution in [0.5, 0.6) is 0 Å². The van der Waals surface area contributed by atoms with E-state index in [-0.39, 0.29) is 47.8 Å². The number of hydrogen-bond donors (Lipinski definition) is 0. The first kappa shape index (κ1) is 27.0. The molecule has 35 heavy (non-hydrogen) atoms. The Hall–Kier alpha value is -2.63. The average molecular weight is 483 g/mol. The van der Waals surface area contributed by atoms with E-state index >= 15 is 0 Å². The number of rotatable bonds is 7. The summed E-state index contributed by atoms with van der Waals surface area (Å²) in [6.45, 7) is 13.3. The smallest absolute Gasteiger partial charge is 0.343 e. The number of carbonyl (C=O) groups is 2. The largest absolute Gasteiger partial charge is 0.494 e. The van der Waals surface area contributed by atoms with Gasteiger partial charge in [-0.15, -0.1) is 0 Å². The summed E-state index contributed by atoms with van der Waals surface area (Å²) >= 11 is 0. The molecule has 0 aromatic rings. The van der Waals surface area contributed by atoms with E-state index in [9.17, 15) is 9.59 Å². The molecule has 0 spiro atoms. The molecule has 0 aromatic carbocycles. The van der Waals surface area contributed by atoms with E-state index in [4.69, 9.17) is 9.47 Å². The van der Waals surface area contributed by atoms with Gasteiger partial charge in [0, 0.05) is 31.3 Å². The Morgan fingerprint density at radius 2 is 2.03 bits per heavy atom. The van der Waals surface area contributed by atoms with E-state index in [0.717, 1.165) is 36.3 Å². The van der Waals surface area contributed by atoms with Crippen LogP contribution in [0.3, 0.4) is 0 Å². The van der Waals surface area contributed by atoms with Gasteiger partial charge in [-0.05, 0) is 55.1 Å². The number of nitrogens with zero attached hydrogens (tertiary/aromatic N) is 2. The van der Waals surface area contributed by atoms with Gasteiger partial charge in [-0.2, -0.15) is 0 Å². The average Bonchev–Trinajstić information content (AvgIpc) is 3.11. The third-order valence-corrected chi connectivity index (χ3v) is 7.97. The van der Waals surface area contributed by atoms with E-state index in [1.54, 1.807) is 21.1 Å². The summed E-state index contributed by atoms with van der Waals surface area (Å²) in [5, 5.41) is 0. The van der Waals surface area contributed by atoms with E-state index in [0.29, 0.717) is 5.92 Å². The Labute approximate surface area is 210 Å². The van der Waals surface area contributed by atoms with Crippen LogP contribution < -0.4 is 0 Å². The zero-order valence-electron chi connectivity index (χ0n) is 22.7. The standard InChI is InChI=1S/C29H42N2O4/c1-9-18(3)25(20-12-11-13-24(34-8)26(20)30-7)22-16-23(32)21(28(33)35-10-2)17-31(22)27-19(4)14-15-29(27,5)6/h11-13,17-19,22,27H,9-10,14-16H2,1-8H3/b25-20+,30-26?. The quantitative estimate of drug-likeness (QED) is 0.358. The molecule has 0 bridgehead atoms. The monoisotopic (exact) mass is 482 g/mol.